The summed E-state index contributed by atoms with van der Waals surface area (Å²) < 4.78 is 0. The predicted molar refractivity (Wildman–Crippen MR) is 139 cm³/mol. The van der Waals surface area contributed by atoms with Crippen molar-refractivity contribution < 1.29 is 24.6 Å². The van der Waals surface area contributed by atoms with Crippen molar-refractivity contribution in [2.75, 3.05) is 16.0 Å². The van der Waals surface area contributed by atoms with Crippen LogP contribution in [0, 0.1) is 5.92 Å². The molecule has 3 rings (SSSR count). The highest BCUT2D eigenvalue weighted by Crippen LogP contribution is 2.29. The smallest absolute Gasteiger partial charge is 0.326 e. The Morgan fingerprint density at radius 3 is 1.89 bits per heavy atom. The third-order valence-corrected chi connectivity index (χ3v) is 6.08. The predicted octanol–water partition coefficient (Wildman–Crippen LogP) is 2.87. The molecule has 1 aromatic heterocycles. The second-order valence-electron chi connectivity index (χ2n) is 8.48. The number of rotatable bonds is 11. The number of pyridine rings is 1. The molecule has 3 aromatic rings. The normalized spacial score (nSPS) is 12.7. The molecule has 2 aromatic carbocycles. The van der Waals surface area contributed by atoms with Gasteiger partial charge >= 0.3 is 11.9 Å². The Bertz CT molecular complexity index is 1400. The number of carbonyl (C=O) groups is 3. The van der Waals surface area contributed by atoms with Crippen molar-refractivity contribution in [2.45, 2.75) is 32.4 Å². The van der Waals surface area contributed by atoms with Crippen LogP contribution in [-0.2, 0) is 16.0 Å². The number of carbonyl (C=O) groups excluding carboxylic acids is 1. The van der Waals surface area contributed by atoms with E-state index < -0.39 is 46.7 Å². The number of hydrogen-bond acceptors (Lipinski definition) is 8. The quantitative estimate of drug-likeness (QED) is 0.224. The second-order valence-corrected chi connectivity index (χ2v) is 9.30. The first-order chi connectivity index (χ1) is 17.4. The van der Waals surface area contributed by atoms with Crippen LogP contribution in [0.25, 0.3) is 0 Å². The SMILES string of the molecule is CC(C)[C@H](Nc1c(N[C@@H](Cc2ccc(C(=O)Nc3c(Cl)cncc3Cl)cc2)C(=O)O)c(=O)c1=O)C(=O)O. The van der Waals surface area contributed by atoms with Gasteiger partial charge in [0.1, 0.15) is 23.5 Å². The van der Waals surface area contributed by atoms with Crippen molar-refractivity contribution in [3.8, 4) is 0 Å². The fourth-order valence-electron chi connectivity index (χ4n) is 3.45. The van der Waals surface area contributed by atoms with Crippen molar-refractivity contribution in [1.82, 2.24) is 4.98 Å². The fraction of sp³-hybridized carbons (Fsp3) is 0.250. The van der Waals surface area contributed by atoms with Gasteiger partial charge < -0.3 is 26.2 Å². The van der Waals surface area contributed by atoms with Gasteiger partial charge in [-0.25, -0.2) is 9.59 Å². The highest BCUT2D eigenvalue weighted by Gasteiger charge is 2.31. The maximum Gasteiger partial charge on any atom is 0.326 e. The van der Waals surface area contributed by atoms with Crippen LogP contribution in [-0.4, -0.2) is 45.1 Å². The van der Waals surface area contributed by atoms with Gasteiger partial charge in [0.15, 0.2) is 0 Å². The summed E-state index contributed by atoms with van der Waals surface area (Å²) in [4.78, 5) is 63.8. The lowest BCUT2D eigenvalue weighted by molar-refractivity contribution is -0.139. The minimum atomic E-state index is -1.32. The van der Waals surface area contributed by atoms with E-state index >= 15 is 0 Å². The van der Waals surface area contributed by atoms with E-state index in [-0.39, 0.29) is 39.1 Å². The zero-order valence-electron chi connectivity index (χ0n) is 19.5. The number of hydrogen-bond donors (Lipinski definition) is 5. The topological polar surface area (TPSA) is 175 Å². The molecule has 1 amide bonds. The van der Waals surface area contributed by atoms with Gasteiger partial charge in [-0.3, -0.25) is 19.4 Å². The van der Waals surface area contributed by atoms with Crippen LogP contribution >= 0.6 is 23.2 Å². The van der Waals surface area contributed by atoms with Crippen molar-refractivity contribution >= 4 is 58.1 Å². The Labute approximate surface area is 220 Å². The van der Waals surface area contributed by atoms with E-state index in [2.05, 4.69) is 20.9 Å². The number of nitrogens with zero attached hydrogens (tertiary/aromatic N) is 1. The van der Waals surface area contributed by atoms with Crippen LogP contribution in [0.2, 0.25) is 10.0 Å². The van der Waals surface area contributed by atoms with Crippen LogP contribution in [0.4, 0.5) is 17.1 Å². The lowest BCUT2D eigenvalue weighted by Crippen LogP contribution is -2.45. The van der Waals surface area contributed by atoms with E-state index in [0.29, 0.717) is 5.56 Å². The maximum absolute atomic E-state index is 12.6. The zero-order valence-corrected chi connectivity index (χ0v) is 21.1. The molecule has 0 spiro atoms. The number of benzene rings is 1. The summed E-state index contributed by atoms with van der Waals surface area (Å²) in [7, 11) is 0. The minimum absolute atomic E-state index is 0.107. The maximum atomic E-state index is 12.6. The Kier molecular flexibility index (Phi) is 8.51. The molecule has 1 heterocycles. The third kappa shape index (κ3) is 6.25. The summed E-state index contributed by atoms with van der Waals surface area (Å²) in [6.07, 6.45) is 2.54. The number of amides is 1. The van der Waals surface area contributed by atoms with Gasteiger partial charge in [-0.2, -0.15) is 0 Å². The fourth-order valence-corrected chi connectivity index (χ4v) is 3.91. The molecule has 0 bridgehead atoms. The molecule has 0 saturated heterocycles. The molecule has 2 atom stereocenters. The summed E-state index contributed by atoms with van der Waals surface area (Å²) in [5.41, 5.74) is -1.47. The molecule has 13 heteroatoms. The van der Waals surface area contributed by atoms with Crippen LogP contribution < -0.4 is 26.8 Å². The van der Waals surface area contributed by atoms with Gasteiger partial charge in [0.05, 0.1) is 15.7 Å². The molecule has 0 saturated carbocycles. The van der Waals surface area contributed by atoms with Crippen LogP contribution in [0.15, 0.2) is 46.2 Å². The second kappa shape index (κ2) is 11.4. The molecule has 0 aliphatic carbocycles. The average molecular weight is 549 g/mol. The monoisotopic (exact) mass is 548 g/mol. The first kappa shape index (κ1) is 27.6. The Hall–Kier alpha value is -3.96. The third-order valence-electron chi connectivity index (χ3n) is 5.51. The molecular formula is C24H22Cl2N4O7. The van der Waals surface area contributed by atoms with Crippen molar-refractivity contribution in [1.29, 1.82) is 0 Å². The Morgan fingerprint density at radius 2 is 1.41 bits per heavy atom. The highest BCUT2D eigenvalue weighted by atomic mass is 35.5. The van der Waals surface area contributed by atoms with E-state index in [4.69, 9.17) is 23.2 Å². The van der Waals surface area contributed by atoms with E-state index in [1.54, 1.807) is 13.8 Å². The molecule has 0 radical (unpaired) electrons. The molecule has 0 unspecified atom stereocenters. The lowest BCUT2D eigenvalue weighted by atomic mass is 10.0. The summed E-state index contributed by atoms with van der Waals surface area (Å²) in [6.45, 7) is 3.24. The highest BCUT2D eigenvalue weighted by molar-refractivity contribution is 6.39. The molecule has 0 aliphatic rings. The Balaban J connectivity index is 1.74. The summed E-state index contributed by atoms with van der Waals surface area (Å²) in [5, 5.41) is 27.0. The van der Waals surface area contributed by atoms with Crippen LogP contribution in [0.1, 0.15) is 29.8 Å². The van der Waals surface area contributed by atoms with Crippen molar-refractivity contribution in [3.05, 3.63) is 78.3 Å². The number of halogens is 2. The van der Waals surface area contributed by atoms with Gasteiger partial charge in [-0.05, 0) is 23.6 Å². The Morgan fingerprint density at radius 1 is 0.865 bits per heavy atom. The van der Waals surface area contributed by atoms with Gasteiger partial charge in [0.25, 0.3) is 16.8 Å². The zero-order chi connectivity index (χ0) is 27.4. The molecule has 194 valence electrons. The van der Waals surface area contributed by atoms with E-state index in [9.17, 15) is 34.2 Å². The summed E-state index contributed by atoms with van der Waals surface area (Å²) in [6, 6.07) is 3.53. The molecule has 0 fully saturated rings. The number of anilines is 3. The standard InChI is InChI=1S/C24H22Cl2N4O7/c1-10(2)16(24(36)37)29-19-18(20(31)21(19)32)28-15(23(34)35)7-11-3-5-12(6-4-11)22(33)30-17-13(25)8-27-9-14(17)26/h3-6,8-10,15-16,28-29H,7H2,1-2H3,(H,34,35)(H,36,37)(H,27,30,33)/t15-,16-/m0/s1. The van der Waals surface area contributed by atoms with Gasteiger partial charge in [0, 0.05) is 24.4 Å². The summed E-state index contributed by atoms with van der Waals surface area (Å²) >= 11 is 12.0. The molecular weight excluding hydrogens is 527 g/mol. The number of nitrogens with one attached hydrogen (secondary N) is 3. The van der Waals surface area contributed by atoms with Crippen molar-refractivity contribution in [2.24, 2.45) is 5.92 Å². The van der Waals surface area contributed by atoms with Crippen molar-refractivity contribution in [3.63, 3.8) is 0 Å². The molecule has 11 nitrogen and oxygen atoms in total. The average Bonchev–Trinajstić information content (AvgIpc) is 2.84. The van der Waals surface area contributed by atoms with Crippen LogP contribution in [0.3, 0.4) is 0 Å². The molecule has 0 aliphatic heterocycles. The minimum Gasteiger partial charge on any atom is -0.480 e. The van der Waals surface area contributed by atoms with Gasteiger partial charge in [0.2, 0.25) is 0 Å². The number of carboxylic acid groups (broad SMARTS) is 2. The van der Waals surface area contributed by atoms with E-state index in [1.807, 2.05) is 0 Å². The molecule has 37 heavy (non-hydrogen) atoms. The number of aliphatic carboxylic acids is 2. The summed E-state index contributed by atoms with van der Waals surface area (Å²) in [5.74, 6) is -3.44. The largest absolute Gasteiger partial charge is 0.480 e. The first-order valence-corrected chi connectivity index (χ1v) is 11.7. The number of carboxylic acids is 2. The van der Waals surface area contributed by atoms with E-state index in [0.717, 1.165) is 0 Å². The van der Waals surface area contributed by atoms with Gasteiger partial charge in [-0.1, -0.05) is 49.2 Å². The first-order valence-electron chi connectivity index (χ1n) is 10.9. The number of aromatic nitrogens is 1. The lowest BCUT2D eigenvalue weighted by Gasteiger charge is -2.24. The van der Waals surface area contributed by atoms with E-state index in [1.165, 1.54) is 36.7 Å². The van der Waals surface area contributed by atoms with Crippen LogP contribution in [0.5, 0.6) is 0 Å². The van der Waals surface area contributed by atoms with Gasteiger partial charge in [-0.15, -0.1) is 0 Å². The molecule has 5 N–H and O–H groups in total.